The molecule has 0 unspecified atom stereocenters. The largest absolute Gasteiger partial charge is 0.394 e. The fraction of sp³-hybridized carbons (Fsp3) is 0.400. The summed E-state index contributed by atoms with van der Waals surface area (Å²) in [4.78, 5) is 10.0. The number of hydrogen-bond acceptors (Lipinski definition) is 5. The van der Waals surface area contributed by atoms with Gasteiger partial charge in [0.25, 0.3) is 5.69 Å². The van der Waals surface area contributed by atoms with E-state index in [1.165, 1.54) is 12.1 Å². The third kappa shape index (κ3) is 3.93. The lowest BCUT2D eigenvalue weighted by atomic mass is 10.2. The van der Waals surface area contributed by atoms with E-state index in [9.17, 15) is 10.1 Å². The van der Waals surface area contributed by atoms with E-state index in [-0.39, 0.29) is 18.8 Å². The third-order valence-corrected chi connectivity index (χ3v) is 2.04. The molecule has 0 aliphatic heterocycles. The Morgan fingerprint density at radius 1 is 1.50 bits per heavy atom. The maximum absolute atomic E-state index is 10.5. The zero-order valence-corrected chi connectivity index (χ0v) is 8.67. The smallest absolute Gasteiger partial charge is 0.269 e. The van der Waals surface area contributed by atoms with Crippen LogP contribution in [0.25, 0.3) is 0 Å². The molecule has 6 nitrogen and oxygen atoms in total. The van der Waals surface area contributed by atoms with Gasteiger partial charge in [-0.05, 0) is 5.56 Å². The molecule has 1 rings (SSSR count). The van der Waals surface area contributed by atoms with Gasteiger partial charge in [0.05, 0.1) is 17.6 Å². The summed E-state index contributed by atoms with van der Waals surface area (Å²) < 4.78 is 0. The molecule has 3 N–H and O–H groups in total. The highest BCUT2D eigenvalue weighted by Crippen LogP contribution is 2.12. The van der Waals surface area contributed by atoms with Crippen LogP contribution in [0, 0.1) is 10.1 Å². The summed E-state index contributed by atoms with van der Waals surface area (Å²) in [5.41, 5.74) is 0.807. The van der Waals surface area contributed by atoms with Crippen molar-refractivity contribution in [2.75, 3.05) is 13.2 Å². The summed E-state index contributed by atoms with van der Waals surface area (Å²) >= 11 is 0. The SMILES string of the molecule is O=[N+]([O-])c1cccc(CNC[C@H](O)CO)c1. The van der Waals surface area contributed by atoms with Crippen molar-refractivity contribution in [1.29, 1.82) is 0 Å². The van der Waals surface area contributed by atoms with Crippen molar-refractivity contribution in [3.8, 4) is 0 Å². The Bertz CT molecular complexity index is 356. The first-order valence-electron chi connectivity index (χ1n) is 4.86. The maximum Gasteiger partial charge on any atom is 0.269 e. The number of nitro groups is 1. The van der Waals surface area contributed by atoms with Crippen molar-refractivity contribution in [2.45, 2.75) is 12.6 Å². The van der Waals surface area contributed by atoms with E-state index in [4.69, 9.17) is 10.2 Å². The van der Waals surface area contributed by atoms with E-state index in [0.29, 0.717) is 6.54 Å². The highest BCUT2D eigenvalue weighted by Gasteiger charge is 2.06. The fourth-order valence-corrected chi connectivity index (χ4v) is 1.23. The van der Waals surface area contributed by atoms with Crippen LogP contribution in [0.2, 0.25) is 0 Å². The van der Waals surface area contributed by atoms with Gasteiger partial charge in [0.15, 0.2) is 0 Å². The molecule has 88 valence electrons. The molecule has 0 fully saturated rings. The van der Waals surface area contributed by atoms with Crippen LogP contribution in [-0.2, 0) is 6.54 Å². The molecule has 0 heterocycles. The second-order valence-electron chi connectivity index (χ2n) is 3.39. The molecular weight excluding hydrogens is 212 g/mol. The highest BCUT2D eigenvalue weighted by atomic mass is 16.6. The predicted molar refractivity (Wildman–Crippen MR) is 57.9 cm³/mol. The molecule has 0 aliphatic rings. The van der Waals surface area contributed by atoms with Crippen LogP contribution in [0.4, 0.5) is 5.69 Å². The Balaban J connectivity index is 2.48. The zero-order valence-electron chi connectivity index (χ0n) is 8.67. The molecule has 16 heavy (non-hydrogen) atoms. The monoisotopic (exact) mass is 226 g/mol. The van der Waals surface area contributed by atoms with Crippen LogP contribution in [0.1, 0.15) is 5.56 Å². The van der Waals surface area contributed by atoms with Crippen molar-refractivity contribution >= 4 is 5.69 Å². The highest BCUT2D eigenvalue weighted by molar-refractivity contribution is 5.34. The minimum absolute atomic E-state index is 0.0435. The lowest BCUT2D eigenvalue weighted by Crippen LogP contribution is -2.28. The molecule has 0 radical (unpaired) electrons. The number of rotatable bonds is 6. The topological polar surface area (TPSA) is 95.6 Å². The molecule has 1 aromatic rings. The zero-order chi connectivity index (χ0) is 12.0. The molecule has 0 spiro atoms. The lowest BCUT2D eigenvalue weighted by Gasteiger charge is -2.08. The molecule has 0 saturated carbocycles. The van der Waals surface area contributed by atoms with Crippen molar-refractivity contribution in [3.05, 3.63) is 39.9 Å². The van der Waals surface area contributed by atoms with Crippen molar-refractivity contribution in [2.24, 2.45) is 0 Å². The minimum Gasteiger partial charge on any atom is -0.394 e. The number of nitrogens with zero attached hydrogens (tertiary/aromatic N) is 1. The molecule has 0 saturated heterocycles. The summed E-state index contributed by atoms with van der Waals surface area (Å²) in [7, 11) is 0. The van der Waals surface area contributed by atoms with E-state index >= 15 is 0 Å². The first-order chi connectivity index (χ1) is 7.63. The molecule has 1 aromatic carbocycles. The average molecular weight is 226 g/mol. The van der Waals surface area contributed by atoms with Crippen LogP contribution < -0.4 is 5.32 Å². The summed E-state index contributed by atoms with van der Waals surface area (Å²) in [6, 6.07) is 6.26. The molecular formula is C10H14N2O4. The summed E-state index contributed by atoms with van der Waals surface area (Å²) in [6.07, 6.45) is -0.807. The van der Waals surface area contributed by atoms with E-state index in [1.54, 1.807) is 12.1 Å². The lowest BCUT2D eigenvalue weighted by molar-refractivity contribution is -0.384. The van der Waals surface area contributed by atoms with Crippen molar-refractivity contribution in [3.63, 3.8) is 0 Å². The number of nitro benzene ring substituents is 1. The van der Waals surface area contributed by atoms with E-state index in [0.717, 1.165) is 5.56 Å². The molecule has 0 aliphatic carbocycles. The van der Waals surface area contributed by atoms with Gasteiger partial charge in [-0.3, -0.25) is 10.1 Å². The van der Waals surface area contributed by atoms with Gasteiger partial charge in [0.2, 0.25) is 0 Å². The Labute approximate surface area is 92.7 Å². The van der Waals surface area contributed by atoms with Gasteiger partial charge in [0.1, 0.15) is 0 Å². The van der Waals surface area contributed by atoms with E-state index in [2.05, 4.69) is 5.32 Å². The van der Waals surface area contributed by atoms with Gasteiger partial charge in [-0.1, -0.05) is 12.1 Å². The first kappa shape index (κ1) is 12.6. The normalized spacial score (nSPS) is 12.4. The van der Waals surface area contributed by atoms with Crippen LogP contribution in [0.5, 0.6) is 0 Å². The number of benzene rings is 1. The van der Waals surface area contributed by atoms with Gasteiger partial charge in [0, 0.05) is 25.2 Å². The standard InChI is InChI=1S/C10H14N2O4/c13-7-10(14)6-11-5-8-2-1-3-9(4-8)12(15)16/h1-4,10-11,13-14H,5-7H2/t10-/m0/s1. The number of hydrogen-bond donors (Lipinski definition) is 3. The number of non-ortho nitro benzene ring substituents is 1. The van der Waals surface area contributed by atoms with Crippen molar-refractivity contribution in [1.82, 2.24) is 5.32 Å². The van der Waals surface area contributed by atoms with E-state index in [1.807, 2.05) is 0 Å². The van der Waals surface area contributed by atoms with Gasteiger partial charge < -0.3 is 15.5 Å². The molecule has 0 aromatic heterocycles. The van der Waals surface area contributed by atoms with Crippen LogP contribution in [-0.4, -0.2) is 34.4 Å². The predicted octanol–water partition coefficient (Wildman–Crippen LogP) is 0.0376. The van der Waals surface area contributed by atoms with Crippen LogP contribution in [0.3, 0.4) is 0 Å². The summed E-state index contributed by atoms with van der Waals surface area (Å²) in [5, 5.41) is 31.0. The van der Waals surface area contributed by atoms with Crippen molar-refractivity contribution < 1.29 is 15.1 Å². The van der Waals surface area contributed by atoms with Crippen LogP contribution >= 0.6 is 0 Å². The van der Waals surface area contributed by atoms with Gasteiger partial charge in [-0.2, -0.15) is 0 Å². The Morgan fingerprint density at radius 3 is 2.88 bits per heavy atom. The number of aliphatic hydroxyl groups excluding tert-OH is 2. The first-order valence-corrected chi connectivity index (χ1v) is 4.86. The minimum atomic E-state index is -0.807. The van der Waals surface area contributed by atoms with Gasteiger partial charge in [-0.25, -0.2) is 0 Å². The quantitative estimate of drug-likeness (QED) is 0.470. The second-order valence-corrected chi connectivity index (χ2v) is 3.39. The average Bonchev–Trinajstić information content (AvgIpc) is 2.29. The maximum atomic E-state index is 10.5. The Morgan fingerprint density at radius 2 is 2.25 bits per heavy atom. The number of aliphatic hydroxyl groups is 2. The molecule has 0 bridgehead atoms. The van der Waals surface area contributed by atoms with E-state index < -0.39 is 11.0 Å². The van der Waals surface area contributed by atoms with Gasteiger partial charge >= 0.3 is 0 Å². The summed E-state index contributed by atoms with van der Waals surface area (Å²) in [6.45, 7) is 0.361. The molecule has 0 amide bonds. The second kappa shape index (κ2) is 6.16. The molecule has 6 heteroatoms. The van der Waals surface area contributed by atoms with Crippen LogP contribution in [0.15, 0.2) is 24.3 Å². The number of nitrogens with one attached hydrogen (secondary N) is 1. The third-order valence-electron chi connectivity index (χ3n) is 2.04. The fourth-order valence-electron chi connectivity index (χ4n) is 1.23. The Kier molecular flexibility index (Phi) is 4.84. The summed E-state index contributed by atoms with van der Waals surface area (Å²) in [5.74, 6) is 0. The molecule has 1 atom stereocenters. The Hall–Kier alpha value is -1.50. The van der Waals surface area contributed by atoms with Gasteiger partial charge in [-0.15, -0.1) is 0 Å².